The van der Waals surface area contributed by atoms with E-state index in [4.69, 9.17) is 9.84 Å². The molecule has 0 aromatic heterocycles. The fourth-order valence-electron chi connectivity index (χ4n) is 1.72. The van der Waals surface area contributed by atoms with E-state index < -0.39 is 6.10 Å². The highest BCUT2D eigenvalue weighted by atomic mass is 16.5. The Hall–Kier alpha value is -0.610. The molecule has 4 nitrogen and oxygen atoms in total. The summed E-state index contributed by atoms with van der Waals surface area (Å²) in [5, 5.41) is 9.11. The van der Waals surface area contributed by atoms with Crippen LogP contribution in [0.15, 0.2) is 0 Å². The Morgan fingerprint density at radius 1 is 1.60 bits per heavy atom. The number of aliphatic hydroxyl groups excluding tert-OH is 1. The van der Waals surface area contributed by atoms with Crippen molar-refractivity contribution in [1.82, 2.24) is 4.90 Å². The third-order valence-electron chi connectivity index (χ3n) is 2.55. The third kappa shape index (κ3) is 4.18. The summed E-state index contributed by atoms with van der Waals surface area (Å²) in [6.07, 6.45) is 0.563. The second kappa shape index (κ2) is 4.94. The summed E-state index contributed by atoms with van der Waals surface area (Å²) in [6, 6.07) is 0. The van der Waals surface area contributed by atoms with Crippen LogP contribution in [0.2, 0.25) is 0 Å². The van der Waals surface area contributed by atoms with Gasteiger partial charge in [0.15, 0.2) is 0 Å². The first-order chi connectivity index (χ1) is 6.91. The molecule has 4 heteroatoms. The molecule has 1 aliphatic rings. The largest absolute Gasteiger partial charge is 0.393 e. The van der Waals surface area contributed by atoms with Gasteiger partial charge in [0.2, 0.25) is 5.91 Å². The molecule has 1 rings (SSSR count). The number of aliphatic hydroxyl groups is 1. The van der Waals surface area contributed by atoms with Crippen molar-refractivity contribution in [3.8, 4) is 0 Å². The molecule has 1 unspecified atom stereocenters. The zero-order valence-corrected chi connectivity index (χ0v) is 9.82. The van der Waals surface area contributed by atoms with Gasteiger partial charge in [0.25, 0.3) is 0 Å². The Morgan fingerprint density at radius 2 is 2.27 bits per heavy atom. The standard InChI is InChI=1S/C11H21NO3/c1-9(13)4-5-10(14)12-6-7-15-11(2,3)8-12/h9,13H,4-8H2,1-3H3. The van der Waals surface area contributed by atoms with Gasteiger partial charge in [-0.1, -0.05) is 0 Å². The van der Waals surface area contributed by atoms with Crippen molar-refractivity contribution in [2.24, 2.45) is 0 Å². The fraction of sp³-hybridized carbons (Fsp3) is 0.909. The summed E-state index contributed by atoms with van der Waals surface area (Å²) in [7, 11) is 0. The highest BCUT2D eigenvalue weighted by Gasteiger charge is 2.29. The predicted molar refractivity (Wildman–Crippen MR) is 57.5 cm³/mol. The molecule has 1 saturated heterocycles. The molecule has 1 fully saturated rings. The molecule has 1 atom stereocenters. The van der Waals surface area contributed by atoms with E-state index in [1.807, 2.05) is 18.7 Å². The number of ether oxygens (including phenoxy) is 1. The van der Waals surface area contributed by atoms with Crippen LogP contribution in [0.4, 0.5) is 0 Å². The minimum atomic E-state index is -0.400. The van der Waals surface area contributed by atoms with Gasteiger partial charge in [-0.05, 0) is 27.2 Å². The van der Waals surface area contributed by atoms with E-state index >= 15 is 0 Å². The van der Waals surface area contributed by atoms with E-state index in [9.17, 15) is 4.79 Å². The van der Waals surface area contributed by atoms with Crippen molar-refractivity contribution in [2.75, 3.05) is 19.7 Å². The van der Waals surface area contributed by atoms with E-state index in [1.54, 1.807) is 6.92 Å². The zero-order chi connectivity index (χ0) is 11.5. The highest BCUT2D eigenvalue weighted by Crippen LogP contribution is 2.17. The molecule has 1 aliphatic heterocycles. The van der Waals surface area contributed by atoms with Crippen LogP contribution in [0.25, 0.3) is 0 Å². The van der Waals surface area contributed by atoms with Crippen molar-refractivity contribution >= 4 is 5.91 Å². The summed E-state index contributed by atoms with van der Waals surface area (Å²) < 4.78 is 5.53. The number of carbonyl (C=O) groups excluding carboxylic acids is 1. The van der Waals surface area contributed by atoms with Gasteiger partial charge >= 0.3 is 0 Å². The molecule has 15 heavy (non-hydrogen) atoms. The molecule has 1 N–H and O–H groups in total. The van der Waals surface area contributed by atoms with Crippen LogP contribution in [-0.2, 0) is 9.53 Å². The molecule has 88 valence electrons. The number of hydrogen-bond donors (Lipinski definition) is 1. The number of carbonyl (C=O) groups is 1. The lowest BCUT2D eigenvalue weighted by Gasteiger charge is -2.38. The molecule has 0 saturated carbocycles. The minimum absolute atomic E-state index is 0.118. The lowest BCUT2D eigenvalue weighted by atomic mass is 10.1. The van der Waals surface area contributed by atoms with E-state index in [0.29, 0.717) is 32.5 Å². The maximum absolute atomic E-state index is 11.7. The van der Waals surface area contributed by atoms with Gasteiger partial charge in [-0.2, -0.15) is 0 Å². The SMILES string of the molecule is CC(O)CCC(=O)N1CCOC(C)(C)C1. The summed E-state index contributed by atoms with van der Waals surface area (Å²) in [5.41, 5.74) is -0.237. The Labute approximate surface area is 91.2 Å². The molecular weight excluding hydrogens is 194 g/mol. The van der Waals surface area contributed by atoms with Crippen molar-refractivity contribution in [2.45, 2.75) is 45.3 Å². The van der Waals surface area contributed by atoms with Crippen molar-refractivity contribution in [3.63, 3.8) is 0 Å². The topological polar surface area (TPSA) is 49.8 Å². The molecule has 0 bridgehead atoms. The molecule has 0 aromatic rings. The van der Waals surface area contributed by atoms with Gasteiger partial charge < -0.3 is 14.7 Å². The van der Waals surface area contributed by atoms with Crippen LogP contribution in [-0.4, -0.2) is 47.3 Å². The van der Waals surface area contributed by atoms with Gasteiger partial charge in [-0.15, -0.1) is 0 Å². The maximum Gasteiger partial charge on any atom is 0.222 e. The predicted octanol–water partition coefficient (Wildman–Crippen LogP) is 0.785. The monoisotopic (exact) mass is 215 g/mol. The lowest BCUT2D eigenvalue weighted by Crippen LogP contribution is -2.50. The van der Waals surface area contributed by atoms with E-state index in [1.165, 1.54) is 0 Å². The smallest absolute Gasteiger partial charge is 0.222 e. The molecule has 0 aromatic carbocycles. The summed E-state index contributed by atoms with van der Waals surface area (Å²) >= 11 is 0. The van der Waals surface area contributed by atoms with Gasteiger partial charge in [0.1, 0.15) is 0 Å². The first-order valence-corrected chi connectivity index (χ1v) is 5.50. The summed E-state index contributed by atoms with van der Waals surface area (Å²) in [4.78, 5) is 13.6. The average molecular weight is 215 g/mol. The number of rotatable bonds is 3. The second-order valence-corrected chi connectivity index (χ2v) is 4.81. The summed E-state index contributed by atoms with van der Waals surface area (Å²) in [6.45, 7) is 7.60. The van der Waals surface area contributed by atoms with Crippen LogP contribution in [0.5, 0.6) is 0 Å². The number of amides is 1. The Kier molecular flexibility index (Phi) is 4.11. The molecule has 1 amide bonds. The van der Waals surface area contributed by atoms with Crippen molar-refractivity contribution in [3.05, 3.63) is 0 Å². The number of hydrogen-bond acceptors (Lipinski definition) is 3. The molecule has 0 aliphatic carbocycles. The average Bonchev–Trinajstić information content (AvgIpc) is 2.12. The van der Waals surface area contributed by atoms with Crippen molar-refractivity contribution in [1.29, 1.82) is 0 Å². The molecular formula is C11H21NO3. The first-order valence-electron chi connectivity index (χ1n) is 5.50. The maximum atomic E-state index is 11.7. The normalized spacial score (nSPS) is 22.5. The summed E-state index contributed by atoms with van der Waals surface area (Å²) in [5.74, 6) is 0.118. The molecule has 1 heterocycles. The Morgan fingerprint density at radius 3 is 2.80 bits per heavy atom. The van der Waals surface area contributed by atoms with Crippen LogP contribution in [0.1, 0.15) is 33.6 Å². The van der Waals surface area contributed by atoms with Crippen molar-refractivity contribution < 1.29 is 14.6 Å². The number of nitrogens with zero attached hydrogens (tertiary/aromatic N) is 1. The third-order valence-corrected chi connectivity index (χ3v) is 2.55. The van der Waals surface area contributed by atoms with Gasteiger partial charge in [0.05, 0.1) is 18.3 Å². The van der Waals surface area contributed by atoms with Crippen LogP contribution >= 0.6 is 0 Å². The fourth-order valence-corrected chi connectivity index (χ4v) is 1.72. The van der Waals surface area contributed by atoms with Crippen LogP contribution < -0.4 is 0 Å². The lowest BCUT2D eigenvalue weighted by molar-refractivity contribution is -0.146. The Bertz CT molecular complexity index is 226. The zero-order valence-electron chi connectivity index (χ0n) is 9.82. The highest BCUT2D eigenvalue weighted by molar-refractivity contribution is 5.76. The van der Waals surface area contributed by atoms with Gasteiger partial charge in [-0.25, -0.2) is 0 Å². The molecule has 0 radical (unpaired) electrons. The number of morpholine rings is 1. The quantitative estimate of drug-likeness (QED) is 0.757. The van der Waals surface area contributed by atoms with E-state index in [0.717, 1.165) is 0 Å². The van der Waals surface area contributed by atoms with E-state index in [-0.39, 0.29) is 11.5 Å². The van der Waals surface area contributed by atoms with Gasteiger partial charge in [-0.3, -0.25) is 4.79 Å². The first kappa shape index (κ1) is 12.5. The van der Waals surface area contributed by atoms with Gasteiger partial charge in [0, 0.05) is 19.5 Å². The van der Waals surface area contributed by atoms with Crippen LogP contribution in [0.3, 0.4) is 0 Å². The second-order valence-electron chi connectivity index (χ2n) is 4.81. The Balaban J connectivity index is 2.39. The minimum Gasteiger partial charge on any atom is -0.393 e. The van der Waals surface area contributed by atoms with E-state index in [2.05, 4.69) is 0 Å². The van der Waals surface area contributed by atoms with Crippen LogP contribution in [0, 0.1) is 0 Å². The molecule has 0 spiro atoms.